The number of nitrogen functional groups attached to an aromatic ring is 1. The Balaban J connectivity index is 3.13. The van der Waals surface area contributed by atoms with E-state index in [-0.39, 0.29) is 4.90 Å². The number of aryl methyl sites for hydroxylation is 1. The molecular formula is C13H20N2O2S. The fourth-order valence-electron chi connectivity index (χ4n) is 1.68. The first kappa shape index (κ1) is 14.7. The second-order valence-electron chi connectivity index (χ2n) is 4.56. The van der Waals surface area contributed by atoms with E-state index in [1.165, 1.54) is 0 Å². The van der Waals surface area contributed by atoms with Gasteiger partial charge in [-0.3, -0.25) is 0 Å². The van der Waals surface area contributed by atoms with Gasteiger partial charge in [-0.15, -0.1) is 0 Å². The van der Waals surface area contributed by atoms with Gasteiger partial charge in [0.2, 0.25) is 10.0 Å². The fourth-order valence-corrected chi connectivity index (χ4v) is 3.14. The van der Waals surface area contributed by atoms with E-state index in [2.05, 4.69) is 4.72 Å². The summed E-state index contributed by atoms with van der Waals surface area (Å²) in [6, 6.07) is 3.44. The number of sulfonamides is 1. The molecule has 0 radical (unpaired) electrons. The SMILES string of the molecule is CC(C)=CCNS(=O)(=O)c1c(C)ccc(N)c1C. The van der Waals surface area contributed by atoms with Crippen LogP contribution in [0.4, 0.5) is 5.69 Å². The van der Waals surface area contributed by atoms with Gasteiger partial charge in [-0.1, -0.05) is 17.7 Å². The molecule has 1 aromatic rings. The summed E-state index contributed by atoms with van der Waals surface area (Å²) in [5.74, 6) is 0. The molecule has 0 saturated carbocycles. The fraction of sp³-hybridized carbons (Fsp3) is 0.385. The lowest BCUT2D eigenvalue weighted by Crippen LogP contribution is -2.25. The Labute approximate surface area is 109 Å². The van der Waals surface area contributed by atoms with Crippen molar-refractivity contribution >= 4 is 15.7 Å². The van der Waals surface area contributed by atoms with Gasteiger partial charge in [-0.25, -0.2) is 13.1 Å². The number of hydrogen-bond acceptors (Lipinski definition) is 3. The number of benzene rings is 1. The zero-order chi connectivity index (χ0) is 13.9. The Morgan fingerprint density at radius 1 is 1.33 bits per heavy atom. The van der Waals surface area contributed by atoms with Gasteiger partial charge < -0.3 is 5.73 Å². The maximum absolute atomic E-state index is 12.2. The molecule has 0 atom stereocenters. The third-order valence-electron chi connectivity index (χ3n) is 2.70. The van der Waals surface area contributed by atoms with Crippen LogP contribution in [-0.2, 0) is 10.0 Å². The van der Waals surface area contributed by atoms with Crippen molar-refractivity contribution in [2.75, 3.05) is 12.3 Å². The highest BCUT2D eigenvalue weighted by Gasteiger charge is 2.19. The van der Waals surface area contributed by atoms with Crippen LogP contribution in [-0.4, -0.2) is 15.0 Å². The molecule has 0 aliphatic carbocycles. The molecule has 3 N–H and O–H groups in total. The normalized spacial score (nSPS) is 11.3. The minimum Gasteiger partial charge on any atom is -0.398 e. The van der Waals surface area contributed by atoms with Crippen molar-refractivity contribution in [2.45, 2.75) is 32.6 Å². The summed E-state index contributed by atoms with van der Waals surface area (Å²) in [5.41, 5.74) is 8.61. The molecule has 0 aromatic heterocycles. The van der Waals surface area contributed by atoms with Crippen LogP contribution in [0.2, 0.25) is 0 Å². The zero-order valence-electron chi connectivity index (χ0n) is 11.2. The third-order valence-corrected chi connectivity index (χ3v) is 4.41. The summed E-state index contributed by atoms with van der Waals surface area (Å²) in [5, 5.41) is 0. The lowest BCUT2D eigenvalue weighted by atomic mass is 10.1. The second-order valence-corrected chi connectivity index (χ2v) is 6.26. The highest BCUT2D eigenvalue weighted by molar-refractivity contribution is 7.89. The largest absolute Gasteiger partial charge is 0.398 e. The van der Waals surface area contributed by atoms with Gasteiger partial charge in [0, 0.05) is 12.2 Å². The predicted molar refractivity (Wildman–Crippen MR) is 74.9 cm³/mol. The number of allylic oxidation sites excluding steroid dienone is 1. The molecule has 1 aromatic carbocycles. The van der Waals surface area contributed by atoms with Crippen LogP contribution in [0.1, 0.15) is 25.0 Å². The Hall–Kier alpha value is -1.33. The summed E-state index contributed by atoms with van der Waals surface area (Å²) in [4.78, 5) is 0.282. The van der Waals surface area contributed by atoms with Crippen molar-refractivity contribution in [3.8, 4) is 0 Å². The van der Waals surface area contributed by atoms with Gasteiger partial charge in [-0.2, -0.15) is 0 Å². The van der Waals surface area contributed by atoms with Crippen LogP contribution in [0, 0.1) is 13.8 Å². The van der Waals surface area contributed by atoms with Gasteiger partial charge >= 0.3 is 0 Å². The smallest absolute Gasteiger partial charge is 0.241 e. The third kappa shape index (κ3) is 3.34. The molecule has 1 rings (SSSR count). The first-order valence-corrected chi connectivity index (χ1v) is 7.22. The Morgan fingerprint density at radius 2 is 1.94 bits per heavy atom. The van der Waals surface area contributed by atoms with E-state index in [0.717, 1.165) is 5.57 Å². The maximum atomic E-state index is 12.2. The van der Waals surface area contributed by atoms with Crippen molar-refractivity contribution in [2.24, 2.45) is 0 Å². The van der Waals surface area contributed by atoms with E-state index in [4.69, 9.17) is 5.73 Å². The molecular weight excluding hydrogens is 248 g/mol. The van der Waals surface area contributed by atoms with Crippen molar-refractivity contribution in [3.63, 3.8) is 0 Å². The molecule has 0 amide bonds. The van der Waals surface area contributed by atoms with Crippen LogP contribution in [0.3, 0.4) is 0 Å². The van der Waals surface area contributed by atoms with Crippen LogP contribution < -0.4 is 10.5 Å². The molecule has 0 unspecified atom stereocenters. The van der Waals surface area contributed by atoms with Gasteiger partial charge in [0.05, 0.1) is 4.90 Å². The summed E-state index contributed by atoms with van der Waals surface area (Å²) in [6.45, 7) is 7.62. The first-order valence-electron chi connectivity index (χ1n) is 5.74. The van der Waals surface area contributed by atoms with E-state index >= 15 is 0 Å². The summed E-state index contributed by atoms with van der Waals surface area (Å²) in [7, 11) is -3.51. The molecule has 0 bridgehead atoms. The first-order chi connectivity index (χ1) is 8.25. The van der Waals surface area contributed by atoms with Crippen molar-refractivity contribution in [3.05, 3.63) is 34.9 Å². The highest BCUT2D eigenvalue weighted by atomic mass is 32.2. The Bertz CT molecular complexity index is 571. The Morgan fingerprint density at radius 3 is 2.50 bits per heavy atom. The van der Waals surface area contributed by atoms with Crippen molar-refractivity contribution in [1.29, 1.82) is 0 Å². The summed E-state index contributed by atoms with van der Waals surface area (Å²) >= 11 is 0. The van der Waals surface area contributed by atoms with Gasteiger partial charge in [-0.05, 0) is 44.9 Å². The molecule has 18 heavy (non-hydrogen) atoms. The average molecular weight is 268 g/mol. The number of nitrogens with one attached hydrogen (secondary N) is 1. The van der Waals surface area contributed by atoms with Crippen LogP contribution >= 0.6 is 0 Å². The standard InChI is InChI=1S/C13H20N2O2S/c1-9(2)7-8-15-18(16,17)13-10(3)5-6-12(14)11(13)4/h5-7,15H,8,14H2,1-4H3. The molecule has 5 heteroatoms. The van der Waals surface area contributed by atoms with E-state index in [1.807, 2.05) is 19.9 Å². The molecule has 0 spiro atoms. The molecule has 0 saturated heterocycles. The Kier molecular flexibility index (Phi) is 4.53. The number of anilines is 1. The van der Waals surface area contributed by atoms with Gasteiger partial charge in [0.25, 0.3) is 0 Å². The van der Waals surface area contributed by atoms with Crippen molar-refractivity contribution < 1.29 is 8.42 Å². The highest BCUT2D eigenvalue weighted by Crippen LogP contribution is 2.24. The van der Waals surface area contributed by atoms with E-state index in [1.54, 1.807) is 26.0 Å². The molecule has 0 heterocycles. The van der Waals surface area contributed by atoms with Crippen LogP contribution in [0.25, 0.3) is 0 Å². The molecule has 0 fully saturated rings. The zero-order valence-corrected chi connectivity index (χ0v) is 12.1. The van der Waals surface area contributed by atoms with E-state index < -0.39 is 10.0 Å². The minimum absolute atomic E-state index is 0.282. The van der Waals surface area contributed by atoms with Gasteiger partial charge in [0.1, 0.15) is 0 Å². The lowest BCUT2D eigenvalue weighted by Gasteiger charge is -2.13. The molecule has 100 valence electrons. The average Bonchev–Trinajstić information content (AvgIpc) is 2.23. The molecule has 0 aliphatic heterocycles. The number of rotatable bonds is 4. The summed E-state index contributed by atoms with van der Waals surface area (Å²) < 4.78 is 27.0. The van der Waals surface area contributed by atoms with Crippen LogP contribution in [0.15, 0.2) is 28.7 Å². The van der Waals surface area contributed by atoms with Gasteiger partial charge in [0.15, 0.2) is 0 Å². The predicted octanol–water partition coefficient (Wildman–Crippen LogP) is 2.13. The number of nitrogens with two attached hydrogens (primary N) is 1. The van der Waals surface area contributed by atoms with E-state index in [0.29, 0.717) is 23.4 Å². The monoisotopic (exact) mass is 268 g/mol. The molecule has 4 nitrogen and oxygen atoms in total. The second kappa shape index (κ2) is 5.54. The minimum atomic E-state index is -3.51. The molecule has 0 aliphatic rings. The van der Waals surface area contributed by atoms with Crippen molar-refractivity contribution in [1.82, 2.24) is 4.72 Å². The number of hydrogen-bond donors (Lipinski definition) is 2. The quantitative estimate of drug-likeness (QED) is 0.649. The maximum Gasteiger partial charge on any atom is 0.241 e. The van der Waals surface area contributed by atoms with Crippen LogP contribution in [0.5, 0.6) is 0 Å². The van der Waals surface area contributed by atoms with E-state index in [9.17, 15) is 8.42 Å². The lowest BCUT2D eigenvalue weighted by molar-refractivity contribution is 0.584. The topological polar surface area (TPSA) is 72.2 Å². The summed E-state index contributed by atoms with van der Waals surface area (Å²) in [6.07, 6.45) is 1.83.